The highest BCUT2D eigenvalue weighted by Gasteiger charge is 2.60. The van der Waals surface area contributed by atoms with Crippen LogP contribution >= 0.6 is 7.82 Å². The van der Waals surface area contributed by atoms with E-state index in [9.17, 15) is 13.3 Å². The Balaban J connectivity index is 2.63. The summed E-state index contributed by atoms with van der Waals surface area (Å²) >= 11 is 0. The third-order valence-electron chi connectivity index (χ3n) is 2.57. The Morgan fingerprint density at radius 2 is 1.94 bits per heavy atom. The summed E-state index contributed by atoms with van der Waals surface area (Å²) in [4.78, 5) is 0. The normalized spacial score (nSPS) is 27.9. The highest BCUT2D eigenvalue weighted by Crippen LogP contribution is 2.59. The van der Waals surface area contributed by atoms with Crippen molar-refractivity contribution in [3.8, 4) is 0 Å². The molecule has 0 spiro atoms. The van der Waals surface area contributed by atoms with E-state index >= 15 is 0 Å². The fraction of sp³-hybridized carbons (Fsp3) is 1.00. The average molecular weight is 260 g/mol. The van der Waals surface area contributed by atoms with Gasteiger partial charge in [-0.15, -0.1) is 0 Å². The van der Waals surface area contributed by atoms with Crippen LogP contribution in [0.1, 0.15) is 13.3 Å². The molecule has 1 saturated carbocycles. The number of phosphoric acid groups is 1. The lowest BCUT2D eigenvalue weighted by Gasteiger charge is -2.21. The number of rotatable bonds is 6. The van der Waals surface area contributed by atoms with Crippen LogP contribution in [0.5, 0.6) is 0 Å². The van der Waals surface area contributed by atoms with Crippen molar-refractivity contribution in [1.82, 2.24) is 0 Å². The van der Waals surface area contributed by atoms with Gasteiger partial charge in [0, 0.05) is 14.2 Å². The Kier molecular flexibility index (Phi) is 4.08. The Labute approximate surface area is 92.3 Å². The van der Waals surface area contributed by atoms with Crippen molar-refractivity contribution < 1.29 is 32.0 Å². The SMILES string of the molecule is COP(=O)(OC)OC(F)(F)[C@@H]1C[C@H]1[C@H](C)O. The summed E-state index contributed by atoms with van der Waals surface area (Å²) in [7, 11) is -2.29. The van der Waals surface area contributed by atoms with Crippen LogP contribution < -0.4 is 0 Å². The summed E-state index contributed by atoms with van der Waals surface area (Å²) < 4.78 is 50.8. The standard InChI is InChI=1S/C8H15F2O5P/c1-5(11)6-4-7(6)8(9,10)15-16(12,13-2)14-3/h5-7,11H,4H2,1-3H3/t5-,6-,7+/m0/s1. The monoisotopic (exact) mass is 260 g/mol. The molecule has 1 rings (SSSR count). The average Bonchev–Trinajstić information content (AvgIpc) is 2.97. The van der Waals surface area contributed by atoms with Gasteiger partial charge >= 0.3 is 13.9 Å². The van der Waals surface area contributed by atoms with Crippen molar-refractivity contribution in [2.24, 2.45) is 11.8 Å². The van der Waals surface area contributed by atoms with Gasteiger partial charge in [0.25, 0.3) is 0 Å². The Hall–Kier alpha value is -0.0700. The van der Waals surface area contributed by atoms with Gasteiger partial charge in [0.1, 0.15) is 0 Å². The number of aliphatic hydroxyl groups is 1. The molecule has 1 fully saturated rings. The predicted molar refractivity (Wildman–Crippen MR) is 50.9 cm³/mol. The smallest absolute Gasteiger partial charge is 0.393 e. The summed E-state index contributed by atoms with van der Waals surface area (Å²) in [5.74, 6) is -1.69. The van der Waals surface area contributed by atoms with Crippen molar-refractivity contribution in [1.29, 1.82) is 0 Å². The first-order valence-corrected chi connectivity index (χ1v) is 6.20. The van der Waals surface area contributed by atoms with Crippen molar-refractivity contribution in [2.75, 3.05) is 14.2 Å². The number of hydrogen-bond donors (Lipinski definition) is 1. The summed E-state index contributed by atoms with van der Waals surface area (Å²) in [5, 5.41) is 9.12. The van der Waals surface area contributed by atoms with Crippen molar-refractivity contribution in [3.63, 3.8) is 0 Å². The molecule has 96 valence electrons. The maximum absolute atomic E-state index is 13.4. The first-order chi connectivity index (χ1) is 7.25. The van der Waals surface area contributed by atoms with E-state index in [0.29, 0.717) is 0 Å². The third kappa shape index (κ3) is 2.99. The van der Waals surface area contributed by atoms with Gasteiger partial charge in [0.05, 0.1) is 12.0 Å². The lowest BCUT2D eigenvalue weighted by Crippen LogP contribution is -2.25. The molecule has 8 heteroatoms. The number of alkyl halides is 2. The van der Waals surface area contributed by atoms with Crippen LogP contribution in [0.4, 0.5) is 8.78 Å². The van der Waals surface area contributed by atoms with Crippen LogP contribution in [-0.2, 0) is 18.1 Å². The molecular formula is C8H15F2O5P. The molecule has 16 heavy (non-hydrogen) atoms. The van der Waals surface area contributed by atoms with E-state index in [4.69, 9.17) is 5.11 Å². The second-order valence-corrected chi connectivity index (χ2v) is 5.52. The molecule has 5 nitrogen and oxygen atoms in total. The number of halogens is 2. The van der Waals surface area contributed by atoms with E-state index in [2.05, 4.69) is 13.6 Å². The van der Waals surface area contributed by atoms with Gasteiger partial charge in [0.2, 0.25) is 0 Å². The lowest BCUT2D eigenvalue weighted by atomic mass is 10.2. The summed E-state index contributed by atoms with van der Waals surface area (Å²) in [6, 6.07) is 0. The van der Waals surface area contributed by atoms with Crippen LogP contribution in [0.25, 0.3) is 0 Å². The zero-order chi connectivity index (χ0) is 12.6. The molecule has 0 amide bonds. The molecule has 1 aliphatic carbocycles. The van der Waals surface area contributed by atoms with E-state index in [1.54, 1.807) is 0 Å². The van der Waals surface area contributed by atoms with Crippen LogP contribution in [0.2, 0.25) is 0 Å². The number of aliphatic hydroxyl groups excluding tert-OH is 1. The topological polar surface area (TPSA) is 65.0 Å². The molecule has 0 bridgehead atoms. The second kappa shape index (κ2) is 4.66. The third-order valence-corrected chi connectivity index (χ3v) is 3.93. The summed E-state index contributed by atoms with van der Waals surface area (Å²) in [6.45, 7) is 1.42. The quantitative estimate of drug-likeness (QED) is 0.740. The molecule has 0 heterocycles. The van der Waals surface area contributed by atoms with E-state index in [-0.39, 0.29) is 6.42 Å². The molecule has 1 aliphatic rings. The zero-order valence-electron chi connectivity index (χ0n) is 9.22. The molecule has 0 aromatic heterocycles. The summed E-state index contributed by atoms with van der Waals surface area (Å²) in [6.07, 6.45) is -4.34. The summed E-state index contributed by atoms with van der Waals surface area (Å²) in [5.41, 5.74) is 0. The maximum atomic E-state index is 13.4. The van der Waals surface area contributed by atoms with Crippen molar-refractivity contribution >= 4 is 7.82 Å². The molecule has 0 aromatic rings. The molecule has 0 saturated heterocycles. The van der Waals surface area contributed by atoms with Gasteiger partial charge in [-0.25, -0.2) is 9.09 Å². The van der Waals surface area contributed by atoms with E-state index in [0.717, 1.165) is 14.2 Å². The zero-order valence-corrected chi connectivity index (χ0v) is 10.1. The molecule has 3 atom stereocenters. The molecule has 1 N–H and O–H groups in total. The van der Waals surface area contributed by atoms with Crippen molar-refractivity contribution in [3.05, 3.63) is 0 Å². The fourth-order valence-corrected chi connectivity index (χ4v) is 2.23. The molecule has 0 aliphatic heterocycles. The Morgan fingerprint density at radius 3 is 2.25 bits per heavy atom. The highest BCUT2D eigenvalue weighted by molar-refractivity contribution is 7.48. The van der Waals surface area contributed by atoms with E-state index in [1.807, 2.05) is 0 Å². The fourth-order valence-electron chi connectivity index (χ4n) is 1.50. The Morgan fingerprint density at radius 1 is 1.44 bits per heavy atom. The molecular weight excluding hydrogens is 245 g/mol. The van der Waals surface area contributed by atoms with Gasteiger partial charge in [0.15, 0.2) is 0 Å². The maximum Gasteiger partial charge on any atom is 0.479 e. The minimum atomic E-state index is -4.20. The predicted octanol–water partition coefficient (Wildman–Crippen LogP) is 2.01. The highest BCUT2D eigenvalue weighted by atomic mass is 31.2. The van der Waals surface area contributed by atoms with Gasteiger partial charge in [-0.1, -0.05) is 0 Å². The lowest BCUT2D eigenvalue weighted by molar-refractivity contribution is -0.208. The van der Waals surface area contributed by atoms with E-state index < -0.39 is 31.9 Å². The second-order valence-electron chi connectivity index (χ2n) is 3.71. The molecule has 0 unspecified atom stereocenters. The van der Waals surface area contributed by atoms with Gasteiger partial charge in [-0.2, -0.15) is 8.78 Å². The number of hydrogen-bond acceptors (Lipinski definition) is 5. The number of phosphoric ester groups is 1. The minimum absolute atomic E-state index is 0.123. The minimum Gasteiger partial charge on any atom is -0.393 e. The Bertz CT molecular complexity index is 288. The first kappa shape index (κ1) is 14.0. The molecule has 0 aromatic carbocycles. The van der Waals surface area contributed by atoms with Crippen molar-refractivity contribution in [2.45, 2.75) is 25.6 Å². The molecule has 0 radical (unpaired) electrons. The van der Waals surface area contributed by atoms with Crippen LogP contribution in [0, 0.1) is 11.8 Å². The van der Waals surface area contributed by atoms with Crippen LogP contribution in [0.3, 0.4) is 0 Å². The van der Waals surface area contributed by atoms with Crippen LogP contribution in [-0.4, -0.2) is 31.5 Å². The first-order valence-electron chi connectivity index (χ1n) is 4.74. The van der Waals surface area contributed by atoms with Gasteiger partial charge in [-0.3, -0.25) is 9.05 Å². The van der Waals surface area contributed by atoms with Crippen LogP contribution in [0.15, 0.2) is 0 Å². The largest absolute Gasteiger partial charge is 0.479 e. The van der Waals surface area contributed by atoms with E-state index in [1.165, 1.54) is 6.92 Å². The van der Waals surface area contributed by atoms with Gasteiger partial charge < -0.3 is 5.11 Å². The van der Waals surface area contributed by atoms with Gasteiger partial charge in [-0.05, 0) is 19.3 Å².